The largest absolute Gasteiger partial charge is 0.468 e. The van der Waals surface area contributed by atoms with E-state index < -0.39 is 0 Å². The van der Waals surface area contributed by atoms with Crippen LogP contribution in [0.5, 0.6) is 0 Å². The van der Waals surface area contributed by atoms with Crippen LogP contribution >= 0.6 is 0 Å². The normalized spacial score (nSPS) is 26.2. The summed E-state index contributed by atoms with van der Waals surface area (Å²) in [5.74, 6) is 3.53. The number of hydrogen-bond donors (Lipinski definition) is 1. The van der Waals surface area contributed by atoms with Crippen LogP contribution in [0.15, 0.2) is 22.8 Å². The van der Waals surface area contributed by atoms with Gasteiger partial charge >= 0.3 is 0 Å². The Morgan fingerprint density at radius 3 is 2.92 bits per heavy atom. The van der Waals surface area contributed by atoms with Crippen molar-refractivity contribution in [3.05, 3.63) is 35.8 Å². The first-order valence-electron chi connectivity index (χ1n) is 8.74. The van der Waals surface area contributed by atoms with Gasteiger partial charge in [-0.05, 0) is 36.8 Å². The lowest BCUT2D eigenvalue weighted by atomic mass is 9.89. The molecule has 7 nitrogen and oxygen atoms in total. The first-order chi connectivity index (χ1) is 11.8. The Bertz CT molecular complexity index is 749. The van der Waals surface area contributed by atoms with Crippen LogP contribution in [0.1, 0.15) is 35.0 Å². The van der Waals surface area contributed by atoms with Crippen molar-refractivity contribution in [2.75, 3.05) is 13.1 Å². The highest BCUT2D eigenvalue weighted by molar-refractivity contribution is 5.91. The molecule has 5 rings (SSSR count). The minimum absolute atomic E-state index is 0.0693. The maximum atomic E-state index is 12.3. The van der Waals surface area contributed by atoms with Crippen molar-refractivity contribution in [2.45, 2.75) is 38.4 Å². The van der Waals surface area contributed by atoms with E-state index in [2.05, 4.69) is 20.4 Å². The van der Waals surface area contributed by atoms with E-state index in [1.54, 1.807) is 6.26 Å². The average Bonchev–Trinajstić information content (AvgIpc) is 2.99. The number of amides is 1. The van der Waals surface area contributed by atoms with Gasteiger partial charge in [0.25, 0.3) is 5.91 Å². The molecule has 1 amide bonds. The molecule has 1 aliphatic carbocycles. The van der Waals surface area contributed by atoms with Crippen LogP contribution in [0.25, 0.3) is 0 Å². The third kappa shape index (κ3) is 2.53. The summed E-state index contributed by atoms with van der Waals surface area (Å²) >= 11 is 0. The van der Waals surface area contributed by atoms with Crippen molar-refractivity contribution in [1.82, 2.24) is 25.0 Å². The van der Waals surface area contributed by atoms with Crippen LogP contribution in [0.3, 0.4) is 0 Å². The fraction of sp³-hybridized carbons (Fsp3) is 0.588. The van der Waals surface area contributed by atoms with Crippen LogP contribution in [-0.2, 0) is 19.5 Å². The minimum Gasteiger partial charge on any atom is -0.468 e. The summed E-state index contributed by atoms with van der Waals surface area (Å²) in [4.78, 5) is 14.8. The highest BCUT2D eigenvalue weighted by atomic mass is 16.3. The second kappa shape index (κ2) is 5.44. The molecule has 1 saturated heterocycles. The minimum atomic E-state index is -0.0693. The average molecular weight is 327 g/mol. The summed E-state index contributed by atoms with van der Waals surface area (Å²) in [5.41, 5.74) is 0. The molecule has 2 aromatic heterocycles. The Labute approximate surface area is 140 Å². The molecular weight excluding hydrogens is 306 g/mol. The number of carbonyl (C=O) groups excluding carboxylic acids is 1. The maximum absolute atomic E-state index is 12.3. The van der Waals surface area contributed by atoms with Gasteiger partial charge in [0.1, 0.15) is 11.6 Å². The molecule has 1 saturated carbocycles. The Morgan fingerprint density at radius 2 is 2.12 bits per heavy atom. The predicted molar refractivity (Wildman–Crippen MR) is 85.2 cm³/mol. The van der Waals surface area contributed by atoms with Gasteiger partial charge in [0.05, 0.1) is 12.8 Å². The highest BCUT2D eigenvalue weighted by Gasteiger charge is 2.39. The van der Waals surface area contributed by atoms with Gasteiger partial charge in [-0.25, -0.2) is 0 Å². The van der Waals surface area contributed by atoms with Gasteiger partial charge in [0.2, 0.25) is 5.82 Å². The van der Waals surface area contributed by atoms with Gasteiger partial charge in [0, 0.05) is 32.1 Å². The van der Waals surface area contributed by atoms with E-state index in [9.17, 15) is 4.79 Å². The van der Waals surface area contributed by atoms with Crippen molar-refractivity contribution in [2.24, 2.45) is 11.8 Å². The van der Waals surface area contributed by atoms with Crippen LogP contribution in [-0.4, -0.2) is 44.7 Å². The van der Waals surface area contributed by atoms with Gasteiger partial charge < -0.3 is 14.3 Å². The van der Waals surface area contributed by atoms with E-state index in [1.165, 1.54) is 0 Å². The van der Waals surface area contributed by atoms with Crippen molar-refractivity contribution < 1.29 is 9.21 Å². The van der Waals surface area contributed by atoms with Crippen molar-refractivity contribution in [3.63, 3.8) is 0 Å². The molecule has 3 aliphatic rings. The molecule has 2 atom stereocenters. The smallest absolute Gasteiger partial charge is 0.289 e. The number of rotatable bonds is 4. The lowest BCUT2D eigenvalue weighted by molar-refractivity contribution is 0.0932. The molecule has 2 aromatic rings. The number of nitrogens with one attached hydrogen (secondary N) is 1. The van der Waals surface area contributed by atoms with Gasteiger partial charge in [-0.2, -0.15) is 0 Å². The molecule has 0 unspecified atom stereocenters. The zero-order valence-corrected chi connectivity index (χ0v) is 13.5. The Kier molecular flexibility index (Phi) is 3.22. The highest BCUT2D eigenvalue weighted by Crippen LogP contribution is 2.33. The SMILES string of the molecule is O=C(NC1CC1)c1nnc2n1C[C@@H]1CN(Cc3ccco3)C[C@H]1C2. The lowest BCUT2D eigenvalue weighted by Gasteiger charge is -2.25. The van der Waals surface area contributed by atoms with E-state index in [0.29, 0.717) is 23.7 Å². The summed E-state index contributed by atoms with van der Waals surface area (Å²) in [7, 11) is 0. The zero-order valence-electron chi connectivity index (χ0n) is 13.5. The predicted octanol–water partition coefficient (Wildman–Crippen LogP) is 1.07. The molecule has 24 heavy (non-hydrogen) atoms. The quantitative estimate of drug-likeness (QED) is 0.909. The number of likely N-dealkylation sites (tertiary alicyclic amines) is 1. The topological polar surface area (TPSA) is 76.2 Å². The number of carbonyl (C=O) groups is 1. The summed E-state index contributed by atoms with van der Waals surface area (Å²) in [6.45, 7) is 3.79. The van der Waals surface area contributed by atoms with Crippen LogP contribution in [0.4, 0.5) is 0 Å². The molecule has 7 heteroatoms. The Morgan fingerprint density at radius 1 is 1.25 bits per heavy atom. The maximum Gasteiger partial charge on any atom is 0.289 e. The van der Waals surface area contributed by atoms with E-state index in [-0.39, 0.29) is 5.91 Å². The molecule has 2 fully saturated rings. The molecule has 126 valence electrons. The summed E-state index contributed by atoms with van der Waals surface area (Å²) in [6, 6.07) is 4.30. The second-order valence-corrected chi connectivity index (χ2v) is 7.30. The molecular formula is C17H21N5O2. The van der Waals surface area contributed by atoms with Gasteiger partial charge in [-0.15, -0.1) is 10.2 Å². The van der Waals surface area contributed by atoms with Crippen LogP contribution < -0.4 is 5.32 Å². The molecule has 0 bridgehead atoms. The third-order valence-electron chi connectivity index (χ3n) is 5.42. The number of fused-ring (bicyclic) bond motifs is 2. The summed E-state index contributed by atoms with van der Waals surface area (Å²) in [5, 5.41) is 11.5. The molecule has 4 heterocycles. The monoisotopic (exact) mass is 327 g/mol. The molecule has 1 N–H and O–H groups in total. The van der Waals surface area contributed by atoms with E-state index in [4.69, 9.17) is 4.42 Å². The molecule has 2 aliphatic heterocycles. The van der Waals surface area contributed by atoms with Crippen LogP contribution in [0.2, 0.25) is 0 Å². The lowest BCUT2D eigenvalue weighted by Crippen LogP contribution is -2.33. The van der Waals surface area contributed by atoms with E-state index >= 15 is 0 Å². The number of hydrogen-bond acceptors (Lipinski definition) is 5. The summed E-state index contributed by atoms with van der Waals surface area (Å²) < 4.78 is 7.50. The van der Waals surface area contributed by atoms with E-state index in [1.807, 2.05) is 16.7 Å². The van der Waals surface area contributed by atoms with Crippen molar-refractivity contribution in [1.29, 1.82) is 0 Å². The first kappa shape index (κ1) is 14.2. The van der Waals surface area contributed by atoms with Gasteiger partial charge in [0.15, 0.2) is 0 Å². The first-order valence-corrected chi connectivity index (χ1v) is 8.74. The fourth-order valence-electron chi connectivity index (χ4n) is 4.02. The number of furan rings is 1. The van der Waals surface area contributed by atoms with E-state index in [0.717, 1.165) is 57.0 Å². The summed E-state index contributed by atoms with van der Waals surface area (Å²) in [6.07, 6.45) is 4.80. The number of aromatic nitrogens is 3. The Hall–Kier alpha value is -2.15. The van der Waals surface area contributed by atoms with Gasteiger partial charge in [-0.3, -0.25) is 9.69 Å². The fourth-order valence-corrected chi connectivity index (χ4v) is 4.02. The second-order valence-electron chi connectivity index (χ2n) is 7.30. The molecule has 0 aromatic carbocycles. The van der Waals surface area contributed by atoms with Gasteiger partial charge in [-0.1, -0.05) is 0 Å². The van der Waals surface area contributed by atoms with Crippen LogP contribution in [0, 0.1) is 11.8 Å². The van der Waals surface area contributed by atoms with Crippen molar-refractivity contribution >= 4 is 5.91 Å². The van der Waals surface area contributed by atoms with Crippen molar-refractivity contribution in [3.8, 4) is 0 Å². The number of nitrogens with zero attached hydrogens (tertiary/aromatic N) is 4. The zero-order chi connectivity index (χ0) is 16.1. The third-order valence-corrected chi connectivity index (χ3v) is 5.42. The molecule has 0 radical (unpaired) electrons. The molecule has 0 spiro atoms. The standard InChI is InChI=1S/C17H21N5O2/c23-17(18-13-3-4-13)16-20-19-15-6-11-7-21(8-12(11)9-22(15)16)10-14-2-1-5-24-14/h1-2,5,11-13H,3-4,6-10H2,(H,18,23)/t11-,12+/m1/s1. The Balaban J connectivity index is 1.30.